The molecule has 0 radical (unpaired) electrons. The zero-order valence-corrected chi connectivity index (χ0v) is 27.5. The van der Waals surface area contributed by atoms with Crippen molar-refractivity contribution in [2.45, 2.75) is 67.7 Å². The van der Waals surface area contributed by atoms with Gasteiger partial charge in [-0.05, 0) is 31.1 Å². The Morgan fingerprint density at radius 1 is 0.895 bits per heavy atom. The highest BCUT2D eigenvalue weighted by molar-refractivity contribution is 14.1. The maximum absolute atomic E-state index is 13.1. The smallest absolute Gasteiger partial charge is 0.225 e. The molecule has 218 valence electrons. The van der Waals surface area contributed by atoms with Crippen molar-refractivity contribution in [3.05, 3.63) is 0 Å². The Bertz CT molecular complexity index is 845. The van der Waals surface area contributed by atoms with Crippen molar-refractivity contribution in [1.29, 1.82) is 0 Å². The van der Waals surface area contributed by atoms with Gasteiger partial charge in [-0.3, -0.25) is 14.4 Å². The minimum absolute atomic E-state index is 0.0165. The molecule has 15 heteroatoms. The van der Waals surface area contributed by atoms with Crippen molar-refractivity contribution in [2.75, 3.05) is 20.7 Å². The van der Waals surface area contributed by atoms with Gasteiger partial charge < -0.3 is 46.8 Å². The van der Waals surface area contributed by atoms with Crippen molar-refractivity contribution in [3.8, 4) is 0 Å². The van der Waals surface area contributed by atoms with Gasteiger partial charge in [-0.1, -0.05) is 67.8 Å². The van der Waals surface area contributed by atoms with E-state index in [-0.39, 0.29) is 47.3 Å². The normalized spacial score (nSPS) is 45.6. The van der Waals surface area contributed by atoms with E-state index in [9.17, 15) is 34.8 Å². The summed E-state index contributed by atoms with van der Waals surface area (Å²) in [5.74, 6) is -1.87. The molecule has 2 saturated carbocycles. The first-order valence-corrected chi connectivity index (χ1v) is 16.3. The van der Waals surface area contributed by atoms with E-state index in [4.69, 9.17) is 10.5 Å². The standard InChI is InChI=1S/C23H37I3N4O8/c1-28-21(35)12-14(24)11(15(25)13(16(12)26)22(36)29-2)7-3-4-8(9(27)5-7)20(34)30-17-19(33)18(32)10(6-31)38-23(17)37/h7-19,23,31-33,37H,3-6,27H2,1-2H3,(H,28,35)(H,29,36)(H,30,34). The van der Waals surface area contributed by atoms with Gasteiger partial charge in [0.25, 0.3) is 0 Å². The predicted molar refractivity (Wildman–Crippen MR) is 163 cm³/mol. The van der Waals surface area contributed by atoms with Crippen LogP contribution in [0.25, 0.3) is 0 Å². The van der Waals surface area contributed by atoms with Crippen molar-refractivity contribution in [2.24, 2.45) is 35.3 Å². The molecule has 0 aromatic heterocycles. The number of carbonyl (C=O) groups excluding carboxylic acids is 3. The lowest BCUT2D eigenvalue weighted by molar-refractivity contribution is -0.254. The van der Waals surface area contributed by atoms with Crippen molar-refractivity contribution >= 4 is 85.5 Å². The van der Waals surface area contributed by atoms with Crippen molar-refractivity contribution in [1.82, 2.24) is 16.0 Å². The average molecular weight is 878 g/mol. The maximum atomic E-state index is 13.1. The molecule has 38 heavy (non-hydrogen) atoms. The third-order valence-corrected chi connectivity index (χ3v) is 13.0. The first-order valence-electron chi connectivity index (χ1n) is 12.6. The van der Waals surface area contributed by atoms with Crippen LogP contribution in [0, 0.1) is 29.6 Å². The fourth-order valence-electron chi connectivity index (χ4n) is 6.10. The zero-order chi connectivity index (χ0) is 28.5. The number of hydrogen-bond acceptors (Lipinski definition) is 9. The monoisotopic (exact) mass is 878 g/mol. The van der Waals surface area contributed by atoms with Gasteiger partial charge in [-0.2, -0.15) is 0 Å². The summed E-state index contributed by atoms with van der Waals surface area (Å²) < 4.78 is 4.88. The van der Waals surface area contributed by atoms with Crippen LogP contribution in [0.3, 0.4) is 0 Å². The Morgan fingerprint density at radius 2 is 1.45 bits per heavy atom. The fraction of sp³-hybridized carbons (Fsp3) is 0.870. The first-order chi connectivity index (χ1) is 17.9. The van der Waals surface area contributed by atoms with Crippen LogP contribution >= 0.6 is 67.8 Å². The Morgan fingerprint density at radius 3 is 1.92 bits per heavy atom. The van der Waals surface area contributed by atoms with Gasteiger partial charge in [-0.15, -0.1) is 0 Å². The molecule has 3 aliphatic rings. The minimum atomic E-state index is -1.60. The SMILES string of the molecule is CNC(=O)C1C(I)C(C(=O)NC)C(I)C(C2CCC(C(=O)NC3C(O)OC(CO)C(O)C3O)C(N)C2)C1I. The minimum Gasteiger partial charge on any atom is -0.394 e. The zero-order valence-electron chi connectivity index (χ0n) is 21.0. The highest BCUT2D eigenvalue weighted by Crippen LogP contribution is 2.51. The average Bonchev–Trinajstić information content (AvgIpc) is 2.88. The fourth-order valence-corrected chi connectivity index (χ4v) is 13.6. The molecule has 3 rings (SSSR count). The van der Waals surface area contributed by atoms with E-state index >= 15 is 0 Å². The van der Waals surface area contributed by atoms with Crippen LogP contribution in [0.1, 0.15) is 19.3 Å². The second-order valence-electron chi connectivity index (χ2n) is 10.3. The van der Waals surface area contributed by atoms with Gasteiger partial charge in [0.05, 0.1) is 24.4 Å². The number of nitrogens with one attached hydrogen (secondary N) is 3. The number of carbonyl (C=O) groups is 3. The number of hydrogen-bond donors (Lipinski definition) is 8. The number of rotatable bonds is 6. The van der Waals surface area contributed by atoms with E-state index in [1.807, 2.05) is 0 Å². The highest BCUT2D eigenvalue weighted by atomic mass is 127. The Labute approximate surface area is 262 Å². The molecule has 9 N–H and O–H groups in total. The van der Waals surface area contributed by atoms with E-state index in [2.05, 4.69) is 83.7 Å². The Balaban J connectivity index is 1.73. The lowest BCUT2D eigenvalue weighted by Crippen LogP contribution is -2.65. The topological polar surface area (TPSA) is 203 Å². The Kier molecular flexibility index (Phi) is 12.1. The highest BCUT2D eigenvalue weighted by Gasteiger charge is 2.55. The van der Waals surface area contributed by atoms with Crippen molar-refractivity contribution in [3.63, 3.8) is 0 Å². The summed E-state index contributed by atoms with van der Waals surface area (Å²) in [7, 11) is 3.20. The molecule has 2 aliphatic carbocycles. The molecule has 12 unspecified atom stereocenters. The molecule has 0 aromatic carbocycles. The summed E-state index contributed by atoms with van der Waals surface area (Å²) in [5, 5.41) is 48.1. The van der Waals surface area contributed by atoms with Gasteiger partial charge in [0.1, 0.15) is 24.4 Å². The number of alkyl halides is 3. The third-order valence-electron chi connectivity index (χ3n) is 8.24. The van der Waals surface area contributed by atoms with Crippen LogP contribution < -0.4 is 21.7 Å². The summed E-state index contributed by atoms with van der Waals surface area (Å²) in [4.78, 5) is 38.9. The molecule has 1 saturated heterocycles. The summed E-state index contributed by atoms with van der Waals surface area (Å²) in [5.41, 5.74) is 6.52. The van der Waals surface area contributed by atoms with E-state index in [0.717, 1.165) is 0 Å². The molecule has 1 heterocycles. The lowest BCUT2D eigenvalue weighted by Gasteiger charge is -2.49. The van der Waals surface area contributed by atoms with Gasteiger partial charge >= 0.3 is 0 Å². The summed E-state index contributed by atoms with van der Waals surface area (Å²) in [6, 6.07) is -1.80. The van der Waals surface area contributed by atoms with Gasteiger partial charge in [-0.25, -0.2) is 0 Å². The molecule has 0 aromatic rings. The van der Waals surface area contributed by atoms with Crippen LogP contribution in [0.15, 0.2) is 0 Å². The van der Waals surface area contributed by atoms with E-state index in [1.165, 1.54) is 0 Å². The quantitative estimate of drug-likeness (QED) is 0.114. The number of aliphatic hydroxyl groups excluding tert-OH is 4. The molecule has 0 bridgehead atoms. The van der Waals surface area contributed by atoms with E-state index in [0.29, 0.717) is 19.3 Å². The number of amides is 3. The second kappa shape index (κ2) is 14.0. The number of aliphatic hydroxyl groups is 4. The molecule has 1 aliphatic heterocycles. The summed E-state index contributed by atoms with van der Waals surface area (Å²) >= 11 is 6.90. The molecule has 12 nitrogen and oxygen atoms in total. The lowest BCUT2D eigenvalue weighted by atomic mass is 9.64. The largest absolute Gasteiger partial charge is 0.394 e. The van der Waals surface area contributed by atoms with Crippen LogP contribution in [0.4, 0.5) is 0 Å². The molecular weight excluding hydrogens is 841 g/mol. The number of ether oxygens (including phenoxy) is 1. The molecule has 3 fully saturated rings. The predicted octanol–water partition coefficient (Wildman–Crippen LogP) is -1.59. The summed E-state index contributed by atoms with van der Waals surface area (Å²) in [6.45, 7) is -0.596. The second-order valence-corrected chi connectivity index (χ2v) is 14.6. The van der Waals surface area contributed by atoms with Crippen LogP contribution in [-0.4, -0.2) is 107 Å². The van der Waals surface area contributed by atoms with E-state index < -0.39 is 55.1 Å². The molecule has 0 spiro atoms. The van der Waals surface area contributed by atoms with Crippen LogP contribution in [0.2, 0.25) is 0 Å². The Hall–Kier alpha value is 0.360. The summed E-state index contributed by atoms with van der Waals surface area (Å²) in [6.07, 6.45) is -4.16. The van der Waals surface area contributed by atoms with Gasteiger partial charge in [0.15, 0.2) is 6.29 Å². The number of halogens is 3. The van der Waals surface area contributed by atoms with E-state index in [1.54, 1.807) is 14.1 Å². The van der Waals surface area contributed by atoms with Crippen LogP contribution in [0.5, 0.6) is 0 Å². The van der Waals surface area contributed by atoms with Crippen molar-refractivity contribution < 1.29 is 39.5 Å². The molecular formula is C23H37I3N4O8. The van der Waals surface area contributed by atoms with Gasteiger partial charge in [0.2, 0.25) is 17.7 Å². The molecule has 3 amide bonds. The third kappa shape index (κ3) is 6.54. The maximum Gasteiger partial charge on any atom is 0.225 e. The first kappa shape index (κ1) is 32.9. The number of nitrogens with two attached hydrogens (primary N) is 1. The molecule has 12 atom stereocenters. The van der Waals surface area contributed by atoms with Crippen LogP contribution in [-0.2, 0) is 19.1 Å². The van der Waals surface area contributed by atoms with Gasteiger partial charge in [0, 0.05) is 31.9 Å².